The summed E-state index contributed by atoms with van der Waals surface area (Å²) in [6.07, 6.45) is 1.19. The van der Waals surface area contributed by atoms with Gasteiger partial charge in [-0.2, -0.15) is 0 Å². The largest absolute Gasteiger partial charge is 0.391 e. The third-order valence-corrected chi connectivity index (χ3v) is 2.56. The van der Waals surface area contributed by atoms with Crippen LogP contribution in [0, 0.1) is 0 Å². The molecule has 1 aromatic heterocycles. The highest BCUT2D eigenvalue weighted by atomic mass is 16.3. The predicted molar refractivity (Wildman–Crippen MR) is 60.4 cm³/mol. The van der Waals surface area contributed by atoms with Crippen molar-refractivity contribution in [3.63, 3.8) is 0 Å². The molecule has 0 radical (unpaired) electrons. The van der Waals surface area contributed by atoms with Gasteiger partial charge >= 0.3 is 0 Å². The number of aromatic nitrogens is 1. The van der Waals surface area contributed by atoms with E-state index < -0.39 is 6.10 Å². The molecule has 3 heteroatoms. The zero-order valence-electron chi connectivity index (χ0n) is 8.59. The SMILES string of the molecule is C[C@H](O)[C@@H](N)c1cccc2ncccc12. The first kappa shape index (κ1) is 10.1. The third kappa shape index (κ3) is 1.84. The highest BCUT2D eigenvalue weighted by Crippen LogP contribution is 2.23. The average Bonchev–Trinajstić information content (AvgIpc) is 2.27. The number of benzene rings is 1. The van der Waals surface area contributed by atoms with Gasteiger partial charge in [0.05, 0.1) is 17.7 Å². The maximum atomic E-state index is 9.49. The van der Waals surface area contributed by atoms with E-state index in [2.05, 4.69) is 4.98 Å². The van der Waals surface area contributed by atoms with Crippen molar-refractivity contribution in [2.24, 2.45) is 5.73 Å². The second-order valence-corrected chi connectivity index (χ2v) is 3.68. The molecule has 78 valence electrons. The molecule has 0 aliphatic rings. The fraction of sp³-hybridized carbons (Fsp3) is 0.250. The van der Waals surface area contributed by atoms with Crippen molar-refractivity contribution in [2.45, 2.75) is 19.1 Å². The van der Waals surface area contributed by atoms with Crippen LogP contribution in [0.2, 0.25) is 0 Å². The molecule has 3 nitrogen and oxygen atoms in total. The fourth-order valence-corrected chi connectivity index (χ4v) is 1.68. The molecule has 3 N–H and O–H groups in total. The van der Waals surface area contributed by atoms with Crippen molar-refractivity contribution >= 4 is 10.9 Å². The molecule has 0 spiro atoms. The lowest BCUT2D eigenvalue weighted by Gasteiger charge is -2.16. The molecule has 15 heavy (non-hydrogen) atoms. The van der Waals surface area contributed by atoms with E-state index in [1.165, 1.54) is 0 Å². The van der Waals surface area contributed by atoms with E-state index in [-0.39, 0.29) is 6.04 Å². The van der Waals surface area contributed by atoms with Crippen molar-refractivity contribution in [1.82, 2.24) is 4.98 Å². The first-order valence-corrected chi connectivity index (χ1v) is 4.97. The number of pyridine rings is 1. The van der Waals surface area contributed by atoms with Crippen LogP contribution >= 0.6 is 0 Å². The Hall–Kier alpha value is -1.45. The third-order valence-electron chi connectivity index (χ3n) is 2.56. The van der Waals surface area contributed by atoms with Crippen LogP contribution < -0.4 is 5.73 Å². The number of hydrogen-bond acceptors (Lipinski definition) is 3. The van der Waals surface area contributed by atoms with Crippen molar-refractivity contribution in [1.29, 1.82) is 0 Å². The molecule has 0 fully saturated rings. The van der Waals surface area contributed by atoms with Gasteiger partial charge in [-0.15, -0.1) is 0 Å². The van der Waals surface area contributed by atoms with Gasteiger partial charge in [0.15, 0.2) is 0 Å². The second-order valence-electron chi connectivity index (χ2n) is 3.68. The minimum Gasteiger partial charge on any atom is -0.391 e. The Morgan fingerprint density at radius 3 is 2.80 bits per heavy atom. The molecule has 0 bridgehead atoms. The first-order chi connectivity index (χ1) is 7.20. The molecule has 0 unspecified atom stereocenters. The maximum Gasteiger partial charge on any atom is 0.0705 e. The van der Waals surface area contributed by atoms with Crippen molar-refractivity contribution in [2.75, 3.05) is 0 Å². The van der Waals surface area contributed by atoms with Gasteiger partial charge in [-0.3, -0.25) is 4.98 Å². The van der Waals surface area contributed by atoms with E-state index in [4.69, 9.17) is 5.73 Å². The quantitative estimate of drug-likeness (QED) is 0.778. The molecular weight excluding hydrogens is 188 g/mol. The van der Waals surface area contributed by atoms with Gasteiger partial charge in [-0.1, -0.05) is 18.2 Å². The van der Waals surface area contributed by atoms with Gasteiger partial charge in [0.1, 0.15) is 0 Å². The first-order valence-electron chi connectivity index (χ1n) is 4.97. The molecule has 2 aromatic rings. The van der Waals surface area contributed by atoms with Gasteiger partial charge in [0.25, 0.3) is 0 Å². The number of aliphatic hydroxyl groups excluding tert-OH is 1. The van der Waals surface area contributed by atoms with Crippen molar-refractivity contribution < 1.29 is 5.11 Å². The minimum atomic E-state index is -0.559. The van der Waals surface area contributed by atoms with E-state index in [1.54, 1.807) is 13.1 Å². The number of rotatable bonds is 2. The Morgan fingerprint density at radius 2 is 2.07 bits per heavy atom. The number of nitrogens with two attached hydrogens (primary N) is 1. The molecule has 1 heterocycles. The van der Waals surface area contributed by atoms with E-state index in [9.17, 15) is 5.11 Å². The lowest BCUT2D eigenvalue weighted by molar-refractivity contribution is 0.165. The van der Waals surface area contributed by atoms with Crippen molar-refractivity contribution in [3.8, 4) is 0 Å². The zero-order valence-corrected chi connectivity index (χ0v) is 8.59. The number of nitrogens with zero attached hydrogens (tertiary/aromatic N) is 1. The Kier molecular flexibility index (Phi) is 2.66. The maximum absolute atomic E-state index is 9.49. The number of hydrogen-bond donors (Lipinski definition) is 2. The van der Waals surface area contributed by atoms with Crippen LogP contribution in [0.1, 0.15) is 18.5 Å². The van der Waals surface area contributed by atoms with Crippen LogP contribution in [0.3, 0.4) is 0 Å². The summed E-state index contributed by atoms with van der Waals surface area (Å²) in [5.74, 6) is 0. The number of aliphatic hydroxyl groups is 1. The summed E-state index contributed by atoms with van der Waals surface area (Å²) in [7, 11) is 0. The Morgan fingerprint density at radius 1 is 1.27 bits per heavy atom. The smallest absolute Gasteiger partial charge is 0.0705 e. The van der Waals surface area contributed by atoms with Gasteiger partial charge in [-0.05, 0) is 24.6 Å². The van der Waals surface area contributed by atoms with Crippen LogP contribution in [0.25, 0.3) is 10.9 Å². The summed E-state index contributed by atoms with van der Waals surface area (Å²) in [6, 6.07) is 9.26. The normalized spacial score (nSPS) is 15.1. The molecule has 0 amide bonds. The van der Waals surface area contributed by atoms with Gasteiger partial charge in [-0.25, -0.2) is 0 Å². The summed E-state index contributed by atoms with van der Waals surface area (Å²) >= 11 is 0. The van der Waals surface area contributed by atoms with Gasteiger partial charge in [0.2, 0.25) is 0 Å². The van der Waals surface area contributed by atoms with Gasteiger partial charge in [0, 0.05) is 11.6 Å². The standard InChI is InChI=1S/C12H14N2O/c1-8(15)12(13)10-4-2-6-11-9(10)5-3-7-14-11/h2-8,12,15H,13H2,1H3/t8-,12+/m0/s1. The summed E-state index contributed by atoms with van der Waals surface area (Å²) in [5, 5.41) is 10.5. The molecule has 0 saturated carbocycles. The molecule has 0 aliphatic heterocycles. The second kappa shape index (κ2) is 3.96. The summed E-state index contributed by atoms with van der Waals surface area (Å²) < 4.78 is 0. The Bertz CT molecular complexity index is 463. The van der Waals surface area contributed by atoms with E-state index in [1.807, 2.05) is 30.3 Å². The lowest BCUT2D eigenvalue weighted by atomic mass is 9.99. The molecule has 2 rings (SSSR count). The van der Waals surface area contributed by atoms with E-state index >= 15 is 0 Å². The summed E-state index contributed by atoms with van der Waals surface area (Å²) in [5.41, 5.74) is 7.77. The topological polar surface area (TPSA) is 59.1 Å². The van der Waals surface area contributed by atoms with E-state index in [0.29, 0.717) is 0 Å². The van der Waals surface area contributed by atoms with Crippen LogP contribution in [0.15, 0.2) is 36.5 Å². The molecule has 0 aliphatic carbocycles. The monoisotopic (exact) mass is 202 g/mol. The summed E-state index contributed by atoms with van der Waals surface area (Å²) in [4.78, 5) is 4.25. The van der Waals surface area contributed by atoms with Crippen LogP contribution in [0.4, 0.5) is 0 Å². The highest BCUT2D eigenvalue weighted by Gasteiger charge is 2.14. The van der Waals surface area contributed by atoms with Crippen LogP contribution in [-0.2, 0) is 0 Å². The molecular formula is C12H14N2O. The predicted octanol–water partition coefficient (Wildman–Crippen LogP) is 1.62. The molecule has 2 atom stereocenters. The Labute approximate surface area is 88.6 Å². The van der Waals surface area contributed by atoms with Crippen molar-refractivity contribution in [3.05, 3.63) is 42.1 Å². The van der Waals surface area contributed by atoms with Crippen LogP contribution in [-0.4, -0.2) is 16.2 Å². The Balaban J connectivity index is 2.60. The minimum absolute atomic E-state index is 0.363. The highest BCUT2D eigenvalue weighted by molar-refractivity contribution is 5.82. The summed E-state index contributed by atoms with van der Waals surface area (Å²) in [6.45, 7) is 1.69. The van der Waals surface area contributed by atoms with Crippen LogP contribution in [0.5, 0.6) is 0 Å². The average molecular weight is 202 g/mol. The zero-order chi connectivity index (χ0) is 10.8. The molecule has 0 saturated heterocycles. The van der Waals surface area contributed by atoms with E-state index in [0.717, 1.165) is 16.5 Å². The fourth-order valence-electron chi connectivity index (χ4n) is 1.68. The lowest BCUT2D eigenvalue weighted by Crippen LogP contribution is -2.23. The number of fused-ring (bicyclic) bond motifs is 1. The van der Waals surface area contributed by atoms with Gasteiger partial charge < -0.3 is 10.8 Å². The molecule has 1 aromatic carbocycles.